The van der Waals surface area contributed by atoms with Crippen LogP contribution in [0.5, 0.6) is 0 Å². The maximum absolute atomic E-state index is 12.0. The second kappa shape index (κ2) is 8.19. The Morgan fingerprint density at radius 2 is 2.45 bits per heavy atom. The first-order valence-corrected chi connectivity index (χ1v) is 6.51. The molecule has 0 saturated carbocycles. The summed E-state index contributed by atoms with van der Waals surface area (Å²) in [6.07, 6.45) is 2.45. The molecule has 110 valence electrons. The van der Waals surface area contributed by atoms with Gasteiger partial charge in [0, 0.05) is 30.3 Å². The van der Waals surface area contributed by atoms with E-state index in [9.17, 15) is 4.79 Å². The van der Waals surface area contributed by atoms with Gasteiger partial charge in [-0.3, -0.25) is 4.68 Å². The molecule has 0 aliphatic heterocycles. The number of azide groups is 1. The summed E-state index contributed by atoms with van der Waals surface area (Å²) in [5.74, 6) is -0.326. The second-order valence-electron chi connectivity index (χ2n) is 4.29. The van der Waals surface area contributed by atoms with Crippen molar-refractivity contribution in [1.29, 1.82) is 0 Å². The molecule has 8 heteroatoms. The molecule has 0 radical (unpaired) electrons. The Balaban J connectivity index is 2.72. The first kappa shape index (κ1) is 16.0. The fourth-order valence-electron chi connectivity index (χ4n) is 1.89. The van der Waals surface area contributed by atoms with E-state index in [1.54, 1.807) is 24.9 Å². The first-order chi connectivity index (χ1) is 9.60. The predicted molar refractivity (Wildman–Crippen MR) is 74.0 cm³/mol. The molecule has 0 saturated heterocycles. The van der Waals surface area contributed by atoms with Crippen molar-refractivity contribution in [3.8, 4) is 0 Å². The molecule has 20 heavy (non-hydrogen) atoms. The minimum absolute atomic E-state index is 0.326. The topological polar surface area (TPSA) is 105 Å². The van der Waals surface area contributed by atoms with E-state index in [1.807, 2.05) is 6.92 Å². The number of nitrogens with one attached hydrogen (secondary N) is 1. The predicted octanol–water partition coefficient (Wildman–Crippen LogP) is 1.62. The van der Waals surface area contributed by atoms with Gasteiger partial charge in [0.15, 0.2) is 0 Å². The summed E-state index contributed by atoms with van der Waals surface area (Å²) in [7, 11) is 1.81. The molecule has 1 aromatic rings. The molecular weight excluding hydrogens is 260 g/mol. The quantitative estimate of drug-likeness (QED) is 0.257. The largest absolute Gasteiger partial charge is 0.465 e. The number of carbonyl (C=O) groups is 1. The smallest absolute Gasteiger partial charge is 0.327 e. The number of aryl methyl sites for hydroxylation is 2. The van der Waals surface area contributed by atoms with Crippen molar-refractivity contribution in [3.05, 3.63) is 27.9 Å². The van der Waals surface area contributed by atoms with Crippen molar-refractivity contribution >= 4 is 5.97 Å². The van der Waals surface area contributed by atoms with Crippen LogP contribution >= 0.6 is 0 Å². The Bertz CT molecular complexity index is 492. The molecule has 1 heterocycles. The van der Waals surface area contributed by atoms with Crippen LogP contribution in [0.4, 0.5) is 0 Å². The van der Waals surface area contributed by atoms with Gasteiger partial charge in [0.1, 0.15) is 6.04 Å². The minimum atomic E-state index is -0.547. The Morgan fingerprint density at radius 1 is 1.70 bits per heavy atom. The van der Waals surface area contributed by atoms with Crippen LogP contribution in [0.25, 0.3) is 10.4 Å². The average molecular weight is 280 g/mol. The van der Waals surface area contributed by atoms with E-state index in [-0.39, 0.29) is 5.97 Å². The summed E-state index contributed by atoms with van der Waals surface area (Å²) < 4.78 is 6.75. The molecule has 8 nitrogen and oxygen atoms in total. The van der Waals surface area contributed by atoms with E-state index in [1.165, 1.54) is 0 Å². The van der Waals surface area contributed by atoms with Crippen molar-refractivity contribution in [1.82, 2.24) is 15.1 Å². The van der Waals surface area contributed by atoms with E-state index >= 15 is 0 Å². The highest BCUT2D eigenvalue weighted by Crippen LogP contribution is 2.18. The van der Waals surface area contributed by atoms with Gasteiger partial charge in [0.25, 0.3) is 0 Å². The Kier molecular flexibility index (Phi) is 6.55. The molecule has 0 amide bonds. The van der Waals surface area contributed by atoms with Gasteiger partial charge in [-0.15, -0.1) is 0 Å². The number of ether oxygens (including phenoxy) is 1. The molecule has 1 unspecified atom stereocenters. The number of carbonyl (C=O) groups excluding carboxylic acids is 1. The molecule has 1 atom stereocenters. The highest BCUT2D eigenvalue weighted by molar-refractivity contribution is 5.77. The van der Waals surface area contributed by atoms with E-state index in [4.69, 9.17) is 10.3 Å². The lowest BCUT2D eigenvalue weighted by Gasteiger charge is -2.16. The molecule has 1 N–H and O–H groups in total. The summed E-state index contributed by atoms with van der Waals surface area (Å²) in [6, 6.07) is -0.547. The number of aromatic nitrogens is 2. The molecule has 0 spiro atoms. The van der Waals surface area contributed by atoms with Gasteiger partial charge in [-0.05, 0) is 32.3 Å². The summed E-state index contributed by atoms with van der Waals surface area (Å²) >= 11 is 0. The standard InChI is InChI=1S/C12H20N6O2/c1-4-20-12(19)11(14-6-5-7-15-17-13)10-8-18(3)16-9(10)2/h8,11,14H,4-7H2,1-3H3. The van der Waals surface area contributed by atoms with Crippen LogP contribution in [0.1, 0.15) is 30.6 Å². The lowest BCUT2D eigenvalue weighted by Crippen LogP contribution is -2.31. The Labute approximate surface area is 117 Å². The van der Waals surface area contributed by atoms with Gasteiger partial charge < -0.3 is 10.1 Å². The number of nitrogens with zero attached hydrogens (tertiary/aromatic N) is 5. The highest BCUT2D eigenvalue weighted by Gasteiger charge is 2.24. The number of rotatable bonds is 8. The normalized spacial score (nSPS) is 11.8. The van der Waals surface area contributed by atoms with Gasteiger partial charge in [0.05, 0.1) is 12.3 Å². The molecule has 1 rings (SSSR count). The fourth-order valence-corrected chi connectivity index (χ4v) is 1.89. The Hall–Kier alpha value is -2.05. The van der Waals surface area contributed by atoms with Crippen LogP contribution in [-0.2, 0) is 16.6 Å². The summed E-state index contributed by atoms with van der Waals surface area (Å²) in [6.45, 7) is 4.90. The first-order valence-electron chi connectivity index (χ1n) is 6.51. The van der Waals surface area contributed by atoms with Crippen LogP contribution in [0.3, 0.4) is 0 Å². The molecule has 0 aromatic carbocycles. The van der Waals surface area contributed by atoms with Crippen molar-refractivity contribution in [3.63, 3.8) is 0 Å². The molecule has 0 fully saturated rings. The lowest BCUT2D eigenvalue weighted by molar-refractivity contribution is -0.145. The Morgan fingerprint density at radius 3 is 3.00 bits per heavy atom. The van der Waals surface area contributed by atoms with Gasteiger partial charge >= 0.3 is 5.97 Å². The zero-order chi connectivity index (χ0) is 15.0. The molecule has 1 aromatic heterocycles. The maximum Gasteiger partial charge on any atom is 0.327 e. The molecule has 0 aliphatic carbocycles. The van der Waals surface area contributed by atoms with Crippen LogP contribution in [0, 0.1) is 6.92 Å². The maximum atomic E-state index is 12.0. The molecular formula is C12H20N6O2. The summed E-state index contributed by atoms with van der Waals surface area (Å²) in [5.41, 5.74) is 9.79. The van der Waals surface area contributed by atoms with E-state index < -0.39 is 6.04 Å². The van der Waals surface area contributed by atoms with Crippen molar-refractivity contribution < 1.29 is 9.53 Å². The SMILES string of the molecule is CCOC(=O)C(NCCCN=[N+]=[N-])c1cn(C)nc1C. The number of hydrogen-bond donors (Lipinski definition) is 1. The summed E-state index contributed by atoms with van der Waals surface area (Å²) in [4.78, 5) is 14.7. The van der Waals surface area contributed by atoms with Gasteiger partial charge in [-0.25, -0.2) is 4.79 Å². The number of hydrogen-bond acceptors (Lipinski definition) is 5. The fraction of sp³-hybridized carbons (Fsp3) is 0.667. The van der Waals surface area contributed by atoms with E-state index in [0.717, 1.165) is 11.3 Å². The third kappa shape index (κ3) is 4.56. The number of esters is 1. The van der Waals surface area contributed by atoms with E-state index in [0.29, 0.717) is 26.1 Å². The molecule has 0 bridgehead atoms. The van der Waals surface area contributed by atoms with Crippen LogP contribution in [-0.4, -0.2) is 35.4 Å². The second-order valence-corrected chi connectivity index (χ2v) is 4.29. The minimum Gasteiger partial charge on any atom is -0.465 e. The van der Waals surface area contributed by atoms with Crippen LogP contribution in [0.2, 0.25) is 0 Å². The molecule has 0 aliphatic rings. The third-order valence-electron chi connectivity index (χ3n) is 2.73. The highest BCUT2D eigenvalue weighted by atomic mass is 16.5. The van der Waals surface area contributed by atoms with Gasteiger partial charge in [0.2, 0.25) is 0 Å². The lowest BCUT2D eigenvalue weighted by atomic mass is 10.1. The van der Waals surface area contributed by atoms with Crippen molar-refractivity contribution in [2.75, 3.05) is 19.7 Å². The van der Waals surface area contributed by atoms with E-state index in [2.05, 4.69) is 20.4 Å². The third-order valence-corrected chi connectivity index (χ3v) is 2.73. The zero-order valence-electron chi connectivity index (χ0n) is 12.0. The monoisotopic (exact) mass is 280 g/mol. The average Bonchev–Trinajstić information content (AvgIpc) is 2.73. The van der Waals surface area contributed by atoms with Crippen LogP contribution < -0.4 is 5.32 Å². The van der Waals surface area contributed by atoms with Crippen molar-refractivity contribution in [2.24, 2.45) is 12.2 Å². The van der Waals surface area contributed by atoms with Crippen molar-refractivity contribution in [2.45, 2.75) is 26.3 Å². The summed E-state index contributed by atoms with van der Waals surface area (Å²) in [5, 5.41) is 10.8. The van der Waals surface area contributed by atoms with Gasteiger partial charge in [-0.1, -0.05) is 5.11 Å². The zero-order valence-corrected chi connectivity index (χ0v) is 12.0. The van der Waals surface area contributed by atoms with Gasteiger partial charge in [-0.2, -0.15) is 5.10 Å². The van der Waals surface area contributed by atoms with Crippen LogP contribution in [0.15, 0.2) is 11.3 Å².